The van der Waals surface area contributed by atoms with Crippen molar-refractivity contribution in [3.05, 3.63) is 103 Å². The molecule has 0 spiro atoms. The topological polar surface area (TPSA) is 87.7 Å². The quantitative estimate of drug-likeness (QED) is 0.343. The third-order valence-electron chi connectivity index (χ3n) is 5.61. The number of hydrogen-bond acceptors (Lipinski definition) is 4. The molecule has 170 valence electrons. The molecule has 0 saturated carbocycles. The number of rotatable bonds is 6. The highest BCUT2D eigenvalue weighted by Crippen LogP contribution is 2.26. The second-order valence-corrected chi connectivity index (χ2v) is 9.70. The first-order valence-corrected chi connectivity index (χ1v) is 12.2. The van der Waals surface area contributed by atoms with Crippen LogP contribution in [0.15, 0.2) is 96.2 Å². The van der Waals surface area contributed by atoms with Crippen LogP contribution in [0.5, 0.6) is 0 Å². The fourth-order valence-electron chi connectivity index (χ4n) is 3.76. The lowest BCUT2D eigenvalue weighted by atomic mass is 10.1. The number of H-pyrrole nitrogens is 1. The van der Waals surface area contributed by atoms with E-state index >= 15 is 0 Å². The first-order chi connectivity index (χ1) is 16.4. The summed E-state index contributed by atoms with van der Waals surface area (Å²) in [5.74, 6) is 0.224. The third kappa shape index (κ3) is 4.46. The van der Waals surface area contributed by atoms with Crippen molar-refractivity contribution in [1.29, 1.82) is 0 Å². The molecule has 1 unspecified atom stereocenters. The van der Waals surface area contributed by atoms with Crippen LogP contribution in [0.1, 0.15) is 18.5 Å². The molecule has 2 heterocycles. The second-order valence-electron chi connectivity index (χ2n) is 7.98. The van der Waals surface area contributed by atoms with E-state index in [-0.39, 0.29) is 10.7 Å². The zero-order chi connectivity index (χ0) is 23.7. The van der Waals surface area contributed by atoms with Gasteiger partial charge in [-0.2, -0.15) is 0 Å². The van der Waals surface area contributed by atoms with Crippen LogP contribution < -0.4 is 4.72 Å². The van der Waals surface area contributed by atoms with Crippen LogP contribution in [0.25, 0.3) is 33.5 Å². The van der Waals surface area contributed by atoms with Crippen LogP contribution in [0.3, 0.4) is 0 Å². The molecule has 2 N–H and O–H groups in total. The minimum atomic E-state index is -3.81. The number of pyridine rings is 1. The summed E-state index contributed by atoms with van der Waals surface area (Å²) in [6.07, 6.45) is 3.46. The molecule has 0 aliphatic heterocycles. The van der Waals surface area contributed by atoms with Crippen molar-refractivity contribution in [2.75, 3.05) is 0 Å². The molecule has 0 fully saturated rings. The van der Waals surface area contributed by atoms with E-state index in [1.807, 2.05) is 36.4 Å². The van der Waals surface area contributed by atoms with Gasteiger partial charge in [-0.05, 0) is 48.2 Å². The molecular formula is C26H21FN4O2S. The van der Waals surface area contributed by atoms with Crippen molar-refractivity contribution in [2.45, 2.75) is 17.9 Å². The van der Waals surface area contributed by atoms with Gasteiger partial charge in [-0.3, -0.25) is 4.98 Å². The third-order valence-corrected chi connectivity index (χ3v) is 7.15. The van der Waals surface area contributed by atoms with Gasteiger partial charge < -0.3 is 4.98 Å². The molecule has 0 radical (unpaired) electrons. The summed E-state index contributed by atoms with van der Waals surface area (Å²) in [5, 5.41) is 2.10. The highest BCUT2D eigenvalue weighted by atomic mass is 32.2. The minimum absolute atomic E-state index is 0.124. The monoisotopic (exact) mass is 472 g/mol. The van der Waals surface area contributed by atoms with Gasteiger partial charge in [0, 0.05) is 23.2 Å². The molecule has 6 nitrogen and oxygen atoms in total. The van der Waals surface area contributed by atoms with Crippen LogP contribution in [0.4, 0.5) is 4.39 Å². The zero-order valence-corrected chi connectivity index (χ0v) is 19.1. The van der Waals surface area contributed by atoms with E-state index in [0.29, 0.717) is 28.3 Å². The Balaban J connectivity index is 1.40. The van der Waals surface area contributed by atoms with E-state index in [0.717, 1.165) is 10.8 Å². The Kier molecular flexibility index (Phi) is 5.69. The summed E-state index contributed by atoms with van der Waals surface area (Å²) in [6, 6.07) is 21.7. The average Bonchev–Trinajstić information content (AvgIpc) is 3.34. The normalized spacial score (nSPS) is 12.6. The number of sulfonamides is 1. The fraction of sp³-hybridized carbons (Fsp3) is 0.0769. The number of nitrogens with one attached hydrogen (secondary N) is 2. The molecular weight excluding hydrogens is 451 g/mol. The Labute approximate surface area is 196 Å². The summed E-state index contributed by atoms with van der Waals surface area (Å²) >= 11 is 0. The van der Waals surface area contributed by atoms with Crippen LogP contribution in [0.2, 0.25) is 0 Å². The van der Waals surface area contributed by atoms with Gasteiger partial charge in [-0.1, -0.05) is 48.5 Å². The maximum absolute atomic E-state index is 13.2. The van der Waals surface area contributed by atoms with Gasteiger partial charge in [-0.15, -0.1) is 0 Å². The molecule has 5 rings (SSSR count). The van der Waals surface area contributed by atoms with E-state index in [1.165, 1.54) is 18.2 Å². The van der Waals surface area contributed by atoms with Crippen molar-refractivity contribution in [3.8, 4) is 22.8 Å². The number of aromatic amines is 1. The molecule has 5 aromatic rings. The lowest BCUT2D eigenvalue weighted by Gasteiger charge is -2.15. The molecule has 34 heavy (non-hydrogen) atoms. The van der Waals surface area contributed by atoms with E-state index in [4.69, 9.17) is 0 Å². The van der Waals surface area contributed by atoms with Gasteiger partial charge in [0.2, 0.25) is 10.0 Å². The van der Waals surface area contributed by atoms with Gasteiger partial charge in [-0.25, -0.2) is 22.5 Å². The van der Waals surface area contributed by atoms with Gasteiger partial charge in [0.05, 0.1) is 16.8 Å². The Morgan fingerprint density at radius 3 is 2.44 bits per heavy atom. The first-order valence-electron chi connectivity index (χ1n) is 10.7. The van der Waals surface area contributed by atoms with Gasteiger partial charge in [0.1, 0.15) is 11.5 Å². The van der Waals surface area contributed by atoms with E-state index in [1.54, 1.807) is 43.6 Å². The Bertz CT molecular complexity index is 1580. The molecule has 0 amide bonds. The molecule has 0 bridgehead atoms. The second kappa shape index (κ2) is 8.81. The predicted molar refractivity (Wildman–Crippen MR) is 130 cm³/mol. The highest BCUT2D eigenvalue weighted by Gasteiger charge is 2.19. The number of hydrogen-bond donors (Lipinski definition) is 2. The maximum atomic E-state index is 13.2. The molecule has 0 saturated heterocycles. The van der Waals surface area contributed by atoms with Crippen LogP contribution in [-0.2, 0) is 10.0 Å². The van der Waals surface area contributed by atoms with E-state index in [9.17, 15) is 12.8 Å². The lowest BCUT2D eigenvalue weighted by Crippen LogP contribution is -2.26. The molecule has 2 aromatic heterocycles. The maximum Gasteiger partial charge on any atom is 0.241 e. The number of aromatic nitrogens is 3. The molecule has 3 aromatic carbocycles. The SMILES string of the molecule is CC(NS(=O)(=O)c1cccc(-c2cnc(-c3cc4ccccc4cn3)[nH]2)c1)c1ccc(F)cc1. The zero-order valence-electron chi connectivity index (χ0n) is 18.2. The highest BCUT2D eigenvalue weighted by molar-refractivity contribution is 7.89. The number of benzene rings is 3. The standard InChI is InChI=1S/C26H21FN4O2S/c1-17(18-9-11-22(27)12-10-18)31-34(32,33)23-8-4-7-20(13-23)25-16-29-26(30-25)24-14-19-5-2-3-6-21(19)15-28-24/h2-17,31H,1H3,(H,29,30). The number of imidazole rings is 1. The fourth-order valence-corrected chi connectivity index (χ4v) is 5.04. The smallest absolute Gasteiger partial charge is 0.241 e. The number of halogens is 1. The van der Waals surface area contributed by atoms with Crippen molar-refractivity contribution < 1.29 is 12.8 Å². The summed E-state index contributed by atoms with van der Waals surface area (Å²) in [5.41, 5.74) is 2.72. The minimum Gasteiger partial charge on any atom is -0.337 e. The Morgan fingerprint density at radius 1 is 0.882 bits per heavy atom. The summed E-state index contributed by atoms with van der Waals surface area (Å²) in [4.78, 5) is 12.3. The van der Waals surface area contributed by atoms with E-state index in [2.05, 4.69) is 19.7 Å². The summed E-state index contributed by atoms with van der Waals surface area (Å²) in [7, 11) is -3.81. The Morgan fingerprint density at radius 2 is 1.65 bits per heavy atom. The van der Waals surface area contributed by atoms with Crippen LogP contribution in [0, 0.1) is 5.82 Å². The molecule has 0 aliphatic rings. The first kappa shape index (κ1) is 21.9. The van der Waals surface area contributed by atoms with Gasteiger partial charge >= 0.3 is 0 Å². The van der Waals surface area contributed by atoms with Crippen molar-refractivity contribution >= 4 is 20.8 Å². The summed E-state index contributed by atoms with van der Waals surface area (Å²) in [6.45, 7) is 1.71. The largest absolute Gasteiger partial charge is 0.337 e. The number of fused-ring (bicyclic) bond motifs is 1. The number of nitrogens with zero attached hydrogens (tertiary/aromatic N) is 2. The summed E-state index contributed by atoms with van der Waals surface area (Å²) < 4.78 is 41.8. The predicted octanol–water partition coefficient (Wildman–Crippen LogP) is 5.47. The Hall–Kier alpha value is -3.88. The lowest BCUT2D eigenvalue weighted by molar-refractivity contribution is 0.566. The van der Waals surface area contributed by atoms with Gasteiger partial charge in [0.15, 0.2) is 5.82 Å². The molecule has 8 heteroatoms. The van der Waals surface area contributed by atoms with Crippen molar-refractivity contribution in [2.24, 2.45) is 0 Å². The van der Waals surface area contributed by atoms with E-state index < -0.39 is 16.1 Å². The van der Waals surface area contributed by atoms with Gasteiger partial charge in [0.25, 0.3) is 0 Å². The average molecular weight is 473 g/mol. The van der Waals surface area contributed by atoms with Crippen molar-refractivity contribution in [1.82, 2.24) is 19.7 Å². The van der Waals surface area contributed by atoms with Crippen molar-refractivity contribution in [3.63, 3.8) is 0 Å². The van der Waals surface area contributed by atoms with Crippen LogP contribution >= 0.6 is 0 Å². The molecule has 1 atom stereocenters. The van der Waals surface area contributed by atoms with Crippen LogP contribution in [-0.4, -0.2) is 23.4 Å². The molecule has 0 aliphatic carbocycles.